The van der Waals surface area contributed by atoms with Crippen molar-refractivity contribution < 1.29 is 15.0 Å². The molecule has 16 heavy (non-hydrogen) atoms. The van der Waals surface area contributed by atoms with E-state index in [9.17, 15) is 4.79 Å². The molecule has 0 aromatic rings. The van der Waals surface area contributed by atoms with Crippen LogP contribution in [0.3, 0.4) is 0 Å². The Labute approximate surface area is 95.2 Å². The normalized spacial score (nSPS) is 34.8. The molecule has 1 saturated carbocycles. The fourth-order valence-corrected chi connectivity index (χ4v) is 2.87. The molecule has 2 aliphatic rings. The number of rotatable bonds is 4. The van der Waals surface area contributed by atoms with Crippen LogP contribution in [-0.2, 0) is 4.79 Å². The van der Waals surface area contributed by atoms with Crippen molar-refractivity contribution in [1.29, 1.82) is 0 Å². The lowest BCUT2D eigenvalue weighted by molar-refractivity contribution is -0.124. The lowest BCUT2D eigenvalue weighted by Crippen LogP contribution is -2.46. The smallest absolute Gasteiger partial charge is 0.237 e. The Hall–Kier alpha value is -0.650. The second-order valence-electron chi connectivity index (χ2n) is 4.82. The van der Waals surface area contributed by atoms with Crippen molar-refractivity contribution in [2.45, 2.75) is 31.4 Å². The van der Waals surface area contributed by atoms with Gasteiger partial charge in [-0.3, -0.25) is 4.79 Å². The zero-order valence-corrected chi connectivity index (χ0v) is 9.35. The molecule has 92 valence electrons. The third kappa shape index (κ3) is 2.36. The summed E-state index contributed by atoms with van der Waals surface area (Å²) in [4.78, 5) is 11.8. The molecule has 5 heteroatoms. The zero-order chi connectivity index (χ0) is 11.5. The van der Waals surface area contributed by atoms with Crippen LogP contribution in [0.15, 0.2) is 0 Å². The van der Waals surface area contributed by atoms with E-state index in [-0.39, 0.29) is 25.1 Å². The van der Waals surface area contributed by atoms with Gasteiger partial charge < -0.3 is 20.8 Å². The van der Waals surface area contributed by atoms with E-state index < -0.39 is 6.10 Å². The predicted molar refractivity (Wildman–Crippen MR) is 58.7 cm³/mol. The van der Waals surface area contributed by atoms with Gasteiger partial charge >= 0.3 is 0 Å². The molecule has 2 fully saturated rings. The summed E-state index contributed by atoms with van der Waals surface area (Å²) in [6, 6.07) is -0.0987. The first-order valence-electron chi connectivity index (χ1n) is 6.02. The average molecular weight is 228 g/mol. The molecule has 0 radical (unpaired) electrons. The Bertz CT molecular complexity index is 260. The maximum absolute atomic E-state index is 11.8. The van der Waals surface area contributed by atoms with Crippen molar-refractivity contribution in [2.75, 3.05) is 19.7 Å². The van der Waals surface area contributed by atoms with Crippen molar-refractivity contribution in [2.24, 2.45) is 11.8 Å². The molecule has 0 aromatic heterocycles. The monoisotopic (exact) mass is 228 g/mol. The number of hydrogen-bond donors (Lipinski definition) is 4. The van der Waals surface area contributed by atoms with E-state index in [1.54, 1.807) is 0 Å². The number of carbonyl (C=O) groups excluding carboxylic acids is 1. The summed E-state index contributed by atoms with van der Waals surface area (Å²) in [6.45, 7) is 0.751. The minimum Gasteiger partial charge on any atom is -0.394 e. The molecule has 2 rings (SSSR count). The SMILES string of the molecule is O=C(NCC(O)CO)C1NCC2CCCC21. The van der Waals surface area contributed by atoms with Crippen LogP contribution in [0.5, 0.6) is 0 Å². The molecule has 1 heterocycles. The van der Waals surface area contributed by atoms with E-state index in [0.717, 1.165) is 13.0 Å². The molecule has 4 atom stereocenters. The van der Waals surface area contributed by atoms with E-state index in [2.05, 4.69) is 10.6 Å². The zero-order valence-electron chi connectivity index (χ0n) is 9.35. The molecular weight excluding hydrogens is 208 g/mol. The molecule has 0 bridgehead atoms. The lowest BCUT2D eigenvalue weighted by Gasteiger charge is -2.18. The van der Waals surface area contributed by atoms with Gasteiger partial charge in [-0.25, -0.2) is 0 Å². The Morgan fingerprint density at radius 2 is 2.31 bits per heavy atom. The van der Waals surface area contributed by atoms with E-state index in [1.807, 2.05) is 0 Å². The Morgan fingerprint density at radius 3 is 3.06 bits per heavy atom. The van der Waals surface area contributed by atoms with Gasteiger partial charge in [-0.1, -0.05) is 6.42 Å². The van der Waals surface area contributed by atoms with Gasteiger partial charge in [-0.15, -0.1) is 0 Å². The van der Waals surface area contributed by atoms with E-state index in [4.69, 9.17) is 10.2 Å². The fraction of sp³-hybridized carbons (Fsp3) is 0.909. The van der Waals surface area contributed by atoms with Gasteiger partial charge in [0.05, 0.1) is 18.8 Å². The van der Waals surface area contributed by atoms with Gasteiger partial charge in [0.1, 0.15) is 0 Å². The van der Waals surface area contributed by atoms with Gasteiger partial charge in [0.2, 0.25) is 5.91 Å². The van der Waals surface area contributed by atoms with Gasteiger partial charge in [0.15, 0.2) is 0 Å². The molecule has 1 aliphatic heterocycles. The number of carbonyl (C=O) groups is 1. The molecule has 0 spiro atoms. The van der Waals surface area contributed by atoms with Crippen molar-refractivity contribution in [3.05, 3.63) is 0 Å². The molecule has 1 saturated heterocycles. The summed E-state index contributed by atoms with van der Waals surface area (Å²) in [7, 11) is 0. The van der Waals surface area contributed by atoms with Crippen LogP contribution in [0, 0.1) is 11.8 Å². The number of aliphatic hydroxyl groups is 2. The van der Waals surface area contributed by atoms with Crippen LogP contribution in [0.2, 0.25) is 0 Å². The summed E-state index contributed by atoms with van der Waals surface area (Å²) in [5, 5.41) is 23.7. The van der Waals surface area contributed by atoms with Gasteiger partial charge in [0.25, 0.3) is 0 Å². The third-order valence-electron chi connectivity index (χ3n) is 3.75. The molecule has 0 aromatic carbocycles. The summed E-state index contributed by atoms with van der Waals surface area (Å²) >= 11 is 0. The van der Waals surface area contributed by atoms with Crippen LogP contribution in [0.4, 0.5) is 0 Å². The molecule has 1 aliphatic carbocycles. The molecule has 1 amide bonds. The number of nitrogens with one attached hydrogen (secondary N) is 2. The fourth-order valence-electron chi connectivity index (χ4n) is 2.87. The van der Waals surface area contributed by atoms with E-state index >= 15 is 0 Å². The second-order valence-corrected chi connectivity index (χ2v) is 4.82. The highest BCUT2D eigenvalue weighted by Crippen LogP contribution is 2.37. The van der Waals surface area contributed by atoms with Gasteiger partial charge in [-0.05, 0) is 31.2 Å². The Balaban J connectivity index is 1.81. The first-order valence-corrected chi connectivity index (χ1v) is 6.02. The third-order valence-corrected chi connectivity index (χ3v) is 3.75. The molecule has 4 N–H and O–H groups in total. The molecular formula is C11H20N2O3. The molecule has 5 nitrogen and oxygen atoms in total. The number of hydrogen-bond acceptors (Lipinski definition) is 4. The topological polar surface area (TPSA) is 81.6 Å². The highest BCUT2D eigenvalue weighted by Gasteiger charge is 2.42. The summed E-state index contributed by atoms with van der Waals surface area (Å²) < 4.78 is 0. The van der Waals surface area contributed by atoms with Crippen molar-refractivity contribution in [3.8, 4) is 0 Å². The average Bonchev–Trinajstić information content (AvgIpc) is 2.86. The number of aliphatic hydroxyl groups excluding tert-OH is 2. The van der Waals surface area contributed by atoms with Crippen molar-refractivity contribution >= 4 is 5.91 Å². The van der Waals surface area contributed by atoms with Gasteiger partial charge in [-0.2, -0.15) is 0 Å². The van der Waals surface area contributed by atoms with E-state index in [1.165, 1.54) is 12.8 Å². The predicted octanol–water partition coefficient (Wildman–Crippen LogP) is -1.16. The Morgan fingerprint density at radius 1 is 1.50 bits per heavy atom. The van der Waals surface area contributed by atoms with Crippen LogP contribution >= 0.6 is 0 Å². The summed E-state index contributed by atoms with van der Waals surface area (Å²) in [6.07, 6.45) is 2.71. The summed E-state index contributed by atoms with van der Waals surface area (Å²) in [5.74, 6) is 1.08. The van der Waals surface area contributed by atoms with Crippen molar-refractivity contribution in [3.63, 3.8) is 0 Å². The Kier molecular flexibility index (Phi) is 3.78. The second kappa shape index (κ2) is 5.12. The minimum absolute atomic E-state index is 0.0399. The van der Waals surface area contributed by atoms with Crippen molar-refractivity contribution in [1.82, 2.24) is 10.6 Å². The van der Waals surface area contributed by atoms with Crippen LogP contribution < -0.4 is 10.6 Å². The highest BCUT2D eigenvalue weighted by atomic mass is 16.3. The lowest BCUT2D eigenvalue weighted by atomic mass is 9.93. The number of fused-ring (bicyclic) bond motifs is 1. The number of amides is 1. The van der Waals surface area contributed by atoms with Crippen LogP contribution in [0.25, 0.3) is 0 Å². The highest BCUT2D eigenvalue weighted by molar-refractivity contribution is 5.82. The van der Waals surface area contributed by atoms with Gasteiger partial charge in [0, 0.05) is 6.54 Å². The molecule has 4 unspecified atom stereocenters. The van der Waals surface area contributed by atoms with Crippen LogP contribution in [-0.4, -0.2) is 48.0 Å². The van der Waals surface area contributed by atoms with Crippen LogP contribution in [0.1, 0.15) is 19.3 Å². The largest absolute Gasteiger partial charge is 0.394 e. The maximum atomic E-state index is 11.8. The summed E-state index contributed by atoms with van der Waals surface area (Å²) in [5.41, 5.74) is 0. The maximum Gasteiger partial charge on any atom is 0.237 e. The first kappa shape index (κ1) is 11.8. The standard InChI is InChI=1S/C11H20N2O3/c14-6-8(15)5-13-11(16)10-9-3-1-2-7(9)4-12-10/h7-10,12,14-15H,1-6H2,(H,13,16). The minimum atomic E-state index is -0.857. The van der Waals surface area contributed by atoms with E-state index in [0.29, 0.717) is 11.8 Å². The quantitative estimate of drug-likeness (QED) is 0.489. The first-order chi connectivity index (χ1) is 7.72.